The normalized spacial score (nSPS) is 19.5. The van der Waals surface area contributed by atoms with Gasteiger partial charge < -0.3 is 0 Å². The Kier molecular flexibility index (Phi) is 11.8. The third-order valence-electron chi connectivity index (χ3n) is 7.10. The molecule has 0 aliphatic heterocycles. The van der Waals surface area contributed by atoms with E-state index >= 15 is 0 Å². The van der Waals surface area contributed by atoms with Crippen LogP contribution in [0.15, 0.2) is 24.3 Å². The maximum absolute atomic E-state index is 13.9. The van der Waals surface area contributed by atoms with Crippen LogP contribution in [0.3, 0.4) is 0 Å². The number of ketones is 1. The van der Waals surface area contributed by atoms with Crippen molar-refractivity contribution in [2.75, 3.05) is 0 Å². The lowest BCUT2D eigenvalue weighted by Gasteiger charge is -2.29. The number of Topliss-reactive ketones (excluding diaryl/α,β-unsaturated/α-hetero) is 1. The average Bonchev–Trinajstić information content (AvgIpc) is 2.78. The predicted octanol–water partition coefficient (Wildman–Crippen LogP) is 9.50. The molecule has 0 radical (unpaired) electrons. The van der Waals surface area contributed by atoms with Crippen LogP contribution in [0, 0.1) is 5.92 Å². The summed E-state index contributed by atoms with van der Waals surface area (Å²) in [5.41, 5.74) is 1.35. The van der Waals surface area contributed by atoms with Gasteiger partial charge in [0.1, 0.15) is 0 Å². The van der Waals surface area contributed by atoms with Crippen LogP contribution in [0.4, 0.5) is 8.78 Å². The lowest BCUT2D eigenvalue weighted by molar-refractivity contribution is 0.00453. The fourth-order valence-corrected chi connectivity index (χ4v) is 5.07. The van der Waals surface area contributed by atoms with Crippen molar-refractivity contribution >= 4 is 5.78 Å². The summed E-state index contributed by atoms with van der Waals surface area (Å²) in [7, 11) is 0. The fourth-order valence-electron chi connectivity index (χ4n) is 5.07. The minimum absolute atomic E-state index is 0.140. The summed E-state index contributed by atoms with van der Waals surface area (Å²) in [5, 5.41) is 0. The molecule has 0 unspecified atom stereocenters. The SMILES string of the molecule is CCCCCCCCCCCC1CCC(c2ccc(C(=O)C(F)(F)CCC)cc2)CC1. The highest BCUT2D eigenvalue weighted by molar-refractivity contribution is 6.01. The first-order valence-electron chi connectivity index (χ1n) is 13.0. The van der Waals surface area contributed by atoms with Crippen molar-refractivity contribution in [1.29, 1.82) is 0 Å². The van der Waals surface area contributed by atoms with Crippen LogP contribution < -0.4 is 0 Å². The number of benzene rings is 1. The van der Waals surface area contributed by atoms with Crippen LogP contribution in [0.5, 0.6) is 0 Å². The van der Waals surface area contributed by atoms with E-state index in [9.17, 15) is 13.6 Å². The van der Waals surface area contributed by atoms with E-state index in [1.807, 2.05) is 12.1 Å². The van der Waals surface area contributed by atoms with E-state index in [0.29, 0.717) is 12.3 Å². The van der Waals surface area contributed by atoms with E-state index in [0.717, 1.165) is 5.92 Å². The summed E-state index contributed by atoms with van der Waals surface area (Å²) in [5.74, 6) is -2.91. The molecule has 2 rings (SSSR count). The summed E-state index contributed by atoms with van der Waals surface area (Å²) in [6.45, 7) is 3.95. The first kappa shape index (κ1) is 26.0. The quantitative estimate of drug-likeness (QED) is 0.198. The molecule has 1 aliphatic rings. The van der Waals surface area contributed by atoms with E-state index in [1.165, 1.54) is 95.5 Å². The van der Waals surface area contributed by atoms with Crippen LogP contribution >= 0.6 is 0 Å². The molecule has 1 aromatic carbocycles. The van der Waals surface area contributed by atoms with Gasteiger partial charge in [-0.2, -0.15) is 8.78 Å². The Balaban J connectivity index is 1.64. The van der Waals surface area contributed by atoms with Crippen LogP contribution in [-0.2, 0) is 0 Å². The lowest BCUT2D eigenvalue weighted by atomic mass is 9.77. The summed E-state index contributed by atoms with van der Waals surface area (Å²) in [6.07, 6.45) is 18.7. The van der Waals surface area contributed by atoms with E-state index in [4.69, 9.17) is 0 Å². The van der Waals surface area contributed by atoms with Crippen molar-refractivity contribution in [3.8, 4) is 0 Å². The molecule has 0 bridgehead atoms. The smallest absolute Gasteiger partial charge is 0.287 e. The zero-order valence-electron chi connectivity index (χ0n) is 19.9. The van der Waals surface area contributed by atoms with Gasteiger partial charge >= 0.3 is 5.92 Å². The summed E-state index contributed by atoms with van der Waals surface area (Å²) < 4.78 is 27.8. The molecule has 0 saturated heterocycles. The van der Waals surface area contributed by atoms with E-state index in [-0.39, 0.29) is 12.0 Å². The van der Waals surface area contributed by atoms with Gasteiger partial charge in [0.05, 0.1) is 0 Å². The molecule has 0 aromatic heterocycles. The summed E-state index contributed by atoms with van der Waals surface area (Å²) in [4.78, 5) is 12.1. The number of hydrogen-bond donors (Lipinski definition) is 0. The second-order valence-corrected chi connectivity index (χ2v) is 9.74. The highest BCUT2D eigenvalue weighted by atomic mass is 19.3. The van der Waals surface area contributed by atoms with E-state index in [1.54, 1.807) is 19.1 Å². The second kappa shape index (κ2) is 14.0. The van der Waals surface area contributed by atoms with Gasteiger partial charge in [-0.3, -0.25) is 4.79 Å². The third kappa shape index (κ3) is 9.02. The number of unbranched alkanes of at least 4 members (excludes halogenated alkanes) is 8. The Bertz CT molecular complexity index is 614. The zero-order valence-corrected chi connectivity index (χ0v) is 19.9. The number of hydrogen-bond acceptors (Lipinski definition) is 1. The van der Waals surface area contributed by atoms with Crippen molar-refractivity contribution in [2.45, 2.75) is 128 Å². The molecule has 1 saturated carbocycles. The number of alkyl halides is 2. The molecular formula is C28H44F2O. The molecule has 31 heavy (non-hydrogen) atoms. The average molecular weight is 435 g/mol. The highest BCUT2D eigenvalue weighted by Gasteiger charge is 2.38. The molecule has 0 amide bonds. The Labute approximate surface area is 189 Å². The van der Waals surface area contributed by atoms with Crippen molar-refractivity contribution in [1.82, 2.24) is 0 Å². The standard InChI is InChI=1S/C28H44F2O/c1-3-5-6-7-8-9-10-11-12-13-23-14-16-24(17-15-23)25-18-20-26(21-19-25)27(31)28(29,30)22-4-2/h18-21,23-24H,3-17,22H2,1-2H3. The lowest BCUT2D eigenvalue weighted by Crippen LogP contribution is -2.28. The summed E-state index contributed by atoms with van der Waals surface area (Å²) >= 11 is 0. The first-order valence-corrected chi connectivity index (χ1v) is 13.0. The molecule has 176 valence electrons. The number of carbonyl (C=O) groups is 1. The van der Waals surface area contributed by atoms with E-state index in [2.05, 4.69) is 6.92 Å². The summed E-state index contributed by atoms with van der Waals surface area (Å²) in [6, 6.07) is 7.02. The van der Waals surface area contributed by atoms with Crippen LogP contribution in [0.25, 0.3) is 0 Å². The molecule has 1 aromatic rings. The Hall–Kier alpha value is -1.25. The van der Waals surface area contributed by atoms with Crippen molar-refractivity contribution in [3.63, 3.8) is 0 Å². The molecule has 1 fully saturated rings. The Morgan fingerprint density at radius 2 is 1.35 bits per heavy atom. The van der Waals surface area contributed by atoms with Gasteiger partial charge in [0.25, 0.3) is 0 Å². The third-order valence-corrected chi connectivity index (χ3v) is 7.10. The second-order valence-electron chi connectivity index (χ2n) is 9.74. The zero-order chi connectivity index (χ0) is 22.5. The Morgan fingerprint density at radius 3 is 1.90 bits per heavy atom. The van der Waals surface area contributed by atoms with Crippen molar-refractivity contribution in [2.24, 2.45) is 5.92 Å². The molecule has 0 atom stereocenters. The number of halogens is 2. The molecular weight excluding hydrogens is 390 g/mol. The van der Waals surface area contributed by atoms with Gasteiger partial charge in [-0.05, 0) is 49.5 Å². The largest absolute Gasteiger partial charge is 0.309 e. The van der Waals surface area contributed by atoms with Gasteiger partial charge in [0.15, 0.2) is 0 Å². The highest BCUT2D eigenvalue weighted by Crippen LogP contribution is 2.38. The molecule has 0 heterocycles. The molecule has 3 heteroatoms. The van der Waals surface area contributed by atoms with E-state index < -0.39 is 11.7 Å². The minimum atomic E-state index is -3.25. The van der Waals surface area contributed by atoms with Crippen LogP contribution in [0.1, 0.15) is 138 Å². The predicted molar refractivity (Wildman–Crippen MR) is 127 cm³/mol. The van der Waals surface area contributed by atoms with Crippen molar-refractivity contribution < 1.29 is 13.6 Å². The topological polar surface area (TPSA) is 17.1 Å². The first-order chi connectivity index (χ1) is 15.0. The van der Waals surface area contributed by atoms with Crippen LogP contribution in [0.2, 0.25) is 0 Å². The van der Waals surface area contributed by atoms with Gasteiger partial charge in [0, 0.05) is 12.0 Å². The maximum atomic E-state index is 13.9. The molecule has 0 N–H and O–H groups in total. The molecule has 0 spiro atoms. The van der Waals surface area contributed by atoms with Gasteiger partial charge in [0.2, 0.25) is 5.78 Å². The maximum Gasteiger partial charge on any atom is 0.309 e. The monoisotopic (exact) mass is 434 g/mol. The number of rotatable bonds is 15. The van der Waals surface area contributed by atoms with Crippen molar-refractivity contribution in [3.05, 3.63) is 35.4 Å². The number of carbonyl (C=O) groups excluding carboxylic acids is 1. The van der Waals surface area contributed by atoms with Crippen LogP contribution in [-0.4, -0.2) is 11.7 Å². The van der Waals surface area contributed by atoms with Gasteiger partial charge in [-0.1, -0.05) is 102 Å². The molecule has 1 aliphatic carbocycles. The molecule has 1 nitrogen and oxygen atoms in total. The van der Waals surface area contributed by atoms with Gasteiger partial charge in [-0.25, -0.2) is 0 Å². The minimum Gasteiger partial charge on any atom is -0.287 e. The van der Waals surface area contributed by atoms with Gasteiger partial charge in [-0.15, -0.1) is 0 Å². The Morgan fingerprint density at radius 1 is 0.806 bits per heavy atom. The fraction of sp³-hybridized carbons (Fsp3) is 0.750.